The first-order valence-corrected chi connectivity index (χ1v) is 10.8. The Morgan fingerprint density at radius 3 is 1.48 bits per heavy atom. The fourth-order valence-electron chi connectivity index (χ4n) is 4.14. The molecule has 6 heteroatoms. The molecule has 2 aliphatic rings. The number of aromatic nitrogens is 2. The van der Waals surface area contributed by atoms with Crippen molar-refractivity contribution in [3.63, 3.8) is 0 Å². The standard InChI is InChI=1S/C23H22Cl2N4/c24-18-8-4-16(5-9-18)22-23(17-6-10-19(25)11-7-17)27-21-15-29(14-20(21)26-22)28-12-2-1-3-13-28/h4-11H,1-3,12-15H2. The summed E-state index contributed by atoms with van der Waals surface area (Å²) in [6.07, 6.45) is 3.86. The Morgan fingerprint density at radius 2 is 1.03 bits per heavy atom. The molecule has 2 aliphatic heterocycles. The van der Waals surface area contributed by atoms with E-state index in [0.29, 0.717) is 10.0 Å². The topological polar surface area (TPSA) is 32.3 Å². The SMILES string of the molecule is Clc1ccc(-c2nc3c(nc2-c2ccc(Cl)cc2)CN(N2CCCCC2)C3)cc1. The van der Waals surface area contributed by atoms with Gasteiger partial charge in [-0.2, -0.15) is 0 Å². The predicted octanol–water partition coefficient (Wildman–Crippen LogP) is 5.83. The van der Waals surface area contributed by atoms with Gasteiger partial charge in [-0.05, 0) is 37.1 Å². The Morgan fingerprint density at radius 1 is 0.586 bits per heavy atom. The van der Waals surface area contributed by atoms with E-state index in [-0.39, 0.29) is 0 Å². The maximum absolute atomic E-state index is 6.11. The van der Waals surface area contributed by atoms with E-state index in [2.05, 4.69) is 10.0 Å². The minimum absolute atomic E-state index is 0.715. The Balaban J connectivity index is 1.57. The molecule has 0 N–H and O–H groups in total. The van der Waals surface area contributed by atoms with Crippen LogP contribution in [0.1, 0.15) is 30.7 Å². The van der Waals surface area contributed by atoms with E-state index >= 15 is 0 Å². The number of piperidine rings is 1. The van der Waals surface area contributed by atoms with Crippen molar-refractivity contribution in [3.8, 4) is 22.5 Å². The van der Waals surface area contributed by atoms with E-state index in [1.54, 1.807) is 0 Å². The molecule has 0 atom stereocenters. The van der Waals surface area contributed by atoms with Crippen molar-refractivity contribution < 1.29 is 0 Å². The summed E-state index contributed by atoms with van der Waals surface area (Å²) in [6.45, 7) is 3.90. The van der Waals surface area contributed by atoms with Gasteiger partial charge in [-0.1, -0.05) is 53.9 Å². The van der Waals surface area contributed by atoms with Crippen LogP contribution in [0.2, 0.25) is 10.0 Å². The van der Waals surface area contributed by atoms with Gasteiger partial charge >= 0.3 is 0 Å². The van der Waals surface area contributed by atoms with Gasteiger partial charge in [-0.15, -0.1) is 0 Å². The predicted molar refractivity (Wildman–Crippen MR) is 118 cm³/mol. The minimum Gasteiger partial charge on any atom is -0.247 e. The van der Waals surface area contributed by atoms with Gasteiger partial charge in [0.05, 0.1) is 35.9 Å². The molecule has 5 rings (SSSR count). The van der Waals surface area contributed by atoms with Gasteiger partial charge < -0.3 is 0 Å². The quantitative estimate of drug-likeness (QED) is 0.528. The highest BCUT2D eigenvalue weighted by atomic mass is 35.5. The molecule has 1 saturated heterocycles. The minimum atomic E-state index is 0.715. The van der Waals surface area contributed by atoms with Gasteiger partial charge in [-0.25, -0.2) is 20.0 Å². The number of halogens is 2. The zero-order valence-electron chi connectivity index (χ0n) is 16.1. The number of hydrogen-bond acceptors (Lipinski definition) is 4. The summed E-state index contributed by atoms with van der Waals surface area (Å²) in [5.74, 6) is 0. The third-order valence-corrected chi connectivity index (χ3v) is 6.19. The van der Waals surface area contributed by atoms with Crippen LogP contribution in [0.3, 0.4) is 0 Å². The summed E-state index contributed by atoms with van der Waals surface area (Å²) < 4.78 is 0. The van der Waals surface area contributed by atoms with Crippen LogP contribution in [0.25, 0.3) is 22.5 Å². The highest BCUT2D eigenvalue weighted by molar-refractivity contribution is 6.31. The molecule has 3 heterocycles. The molecule has 1 aromatic heterocycles. The molecule has 3 aromatic rings. The van der Waals surface area contributed by atoms with E-state index in [1.165, 1.54) is 19.3 Å². The molecule has 0 saturated carbocycles. The average Bonchev–Trinajstić information content (AvgIpc) is 3.18. The van der Waals surface area contributed by atoms with Crippen LogP contribution >= 0.6 is 23.2 Å². The van der Waals surface area contributed by atoms with E-state index in [9.17, 15) is 0 Å². The Labute approximate surface area is 181 Å². The van der Waals surface area contributed by atoms with Gasteiger partial charge in [0.15, 0.2) is 0 Å². The van der Waals surface area contributed by atoms with Crippen molar-refractivity contribution in [3.05, 3.63) is 70.0 Å². The smallest absolute Gasteiger partial charge is 0.0969 e. The summed E-state index contributed by atoms with van der Waals surface area (Å²) in [6, 6.07) is 15.6. The number of nitrogens with zero attached hydrogens (tertiary/aromatic N) is 4. The Bertz CT molecular complexity index is 938. The number of rotatable bonds is 3. The lowest BCUT2D eigenvalue weighted by Gasteiger charge is -2.34. The highest BCUT2D eigenvalue weighted by Crippen LogP contribution is 2.34. The summed E-state index contributed by atoms with van der Waals surface area (Å²) in [5.41, 5.74) is 5.96. The zero-order valence-corrected chi connectivity index (χ0v) is 17.6. The third-order valence-electron chi connectivity index (χ3n) is 5.68. The van der Waals surface area contributed by atoms with Crippen molar-refractivity contribution in [2.45, 2.75) is 32.4 Å². The van der Waals surface area contributed by atoms with E-state index in [0.717, 1.165) is 60.1 Å². The number of fused-ring (bicyclic) bond motifs is 1. The normalized spacial score (nSPS) is 17.4. The van der Waals surface area contributed by atoms with E-state index in [4.69, 9.17) is 33.2 Å². The molecule has 148 valence electrons. The van der Waals surface area contributed by atoms with Crippen LogP contribution in [0.5, 0.6) is 0 Å². The molecule has 1 fully saturated rings. The molecule has 0 spiro atoms. The van der Waals surface area contributed by atoms with Crippen LogP contribution in [-0.4, -0.2) is 33.1 Å². The Hall–Kier alpha value is -1.98. The fraction of sp³-hybridized carbons (Fsp3) is 0.304. The van der Waals surface area contributed by atoms with Crippen molar-refractivity contribution in [1.82, 2.24) is 20.0 Å². The number of hydrogen-bond donors (Lipinski definition) is 0. The largest absolute Gasteiger partial charge is 0.247 e. The molecule has 29 heavy (non-hydrogen) atoms. The highest BCUT2D eigenvalue weighted by Gasteiger charge is 2.29. The van der Waals surface area contributed by atoms with Gasteiger partial charge in [0.2, 0.25) is 0 Å². The molecule has 0 unspecified atom stereocenters. The average molecular weight is 425 g/mol. The number of benzene rings is 2. The van der Waals surface area contributed by atoms with Crippen LogP contribution in [0.15, 0.2) is 48.5 Å². The van der Waals surface area contributed by atoms with Gasteiger partial charge in [-0.3, -0.25) is 0 Å². The van der Waals surface area contributed by atoms with Gasteiger partial charge in [0.1, 0.15) is 0 Å². The molecule has 4 nitrogen and oxygen atoms in total. The first-order valence-electron chi connectivity index (χ1n) is 10.1. The van der Waals surface area contributed by atoms with Crippen LogP contribution in [0, 0.1) is 0 Å². The van der Waals surface area contributed by atoms with Crippen molar-refractivity contribution >= 4 is 23.2 Å². The maximum Gasteiger partial charge on any atom is 0.0969 e. The van der Waals surface area contributed by atoms with Crippen LogP contribution in [0.4, 0.5) is 0 Å². The molecule has 0 bridgehead atoms. The summed E-state index contributed by atoms with van der Waals surface area (Å²) >= 11 is 12.2. The lowest BCUT2D eigenvalue weighted by molar-refractivity contribution is -0.0450. The second kappa shape index (κ2) is 8.04. The molecular formula is C23H22Cl2N4. The molecule has 0 aliphatic carbocycles. The van der Waals surface area contributed by atoms with Crippen molar-refractivity contribution in [1.29, 1.82) is 0 Å². The first kappa shape index (κ1) is 19.0. The first-order chi connectivity index (χ1) is 14.2. The van der Waals surface area contributed by atoms with Crippen LogP contribution in [-0.2, 0) is 13.1 Å². The molecule has 0 amide bonds. The second-order valence-electron chi connectivity index (χ2n) is 7.66. The van der Waals surface area contributed by atoms with Gasteiger partial charge in [0.25, 0.3) is 0 Å². The molecule has 2 aromatic carbocycles. The van der Waals surface area contributed by atoms with E-state index < -0.39 is 0 Å². The Kier molecular flexibility index (Phi) is 5.27. The zero-order chi connectivity index (χ0) is 19.8. The lowest BCUT2D eigenvalue weighted by Crippen LogP contribution is -2.42. The summed E-state index contributed by atoms with van der Waals surface area (Å²) in [5, 5.41) is 6.30. The second-order valence-corrected chi connectivity index (χ2v) is 8.54. The maximum atomic E-state index is 6.11. The molecular weight excluding hydrogens is 403 g/mol. The van der Waals surface area contributed by atoms with Crippen molar-refractivity contribution in [2.24, 2.45) is 0 Å². The fourth-order valence-corrected chi connectivity index (χ4v) is 4.39. The third kappa shape index (κ3) is 3.90. The van der Waals surface area contributed by atoms with Crippen LogP contribution < -0.4 is 0 Å². The number of hydrazine groups is 1. The lowest BCUT2D eigenvalue weighted by atomic mass is 10.0. The monoisotopic (exact) mass is 424 g/mol. The van der Waals surface area contributed by atoms with Crippen molar-refractivity contribution in [2.75, 3.05) is 13.1 Å². The van der Waals surface area contributed by atoms with Gasteiger partial charge in [0, 0.05) is 34.3 Å². The summed E-state index contributed by atoms with van der Waals surface area (Å²) in [7, 11) is 0. The summed E-state index contributed by atoms with van der Waals surface area (Å²) in [4.78, 5) is 10.2. The van der Waals surface area contributed by atoms with E-state index in [1.807, 2.05) is 48.5 Å². The molecule has 0 radical (unpaired) electrons.